The molecule has 0 saturated carbocycles. The van der Waals surface area contributed by atoms with E-state index < -0.39 is 0 Å². The van der Waals surface area contributed by atoms with Crippen LogP contribution in [0.3, 0.4) is 0 Å². The Balaban J connectivity index is 2.78. The first-order chi connectivity index (χ1) is 6.19. The highest BCUT2D eigenvalue weighted by Crippen LogP contribution is 2.23. The van der Waals surface area contributed by atoms with Crippen LogP contribution in [-0.2, 0) is 0 Å². The van der Waals surface area contributed by atoms with Crippen molar-refractivity contribution >= 4 is 11.6 Å². The van der Waals surface area contributed by atoms with E-state index in [4.69, 9.17) is 16.1 Å². The molecule has 0 bridgehead atoms. The van der Waals surface area contributed by atoms with Crippen LogP contribution < -0.4 is 0 Å². The van der Waals surface area contributed by atoms with Gasteiger partial charge in [0.2, 0.25) is 5.89 Å². The Labute approximate surface area is 83.5 Å². The van der Waals surface area contributed by atoms with Gasteiger partial charge >= 0.3 is 0 Å². The van der Waals surface area contributed by atoms with Gasteiger partial charge in [-0.25, -0.2) is 0 Å². The molecule has 0 radical (unpaired) electrons. The average Bonchev–Trinajstić information content (AvgIpc) is 2.56. The van der Waals surface area contributed by atoms with E-state index in [1.807, 2.05) is 6.92 Å². The molecule has 1 rings (SSSR count). The van der Waals surface area contributed by atoms with Gasteiger partial charge in [-0.3, -0.25) is 0 Å². The van der Waals surface area contributed by atoms with Gasteiger partial charge in [-0.05, 0) is 19.8 Å². The number of aromatic nitrogens is 2. The van der Waals surface area contributed by atoms with Crippen LogP contribution in [0.5, 0.6) is 0 Å². The maximum absolute atomic E-state index is 5.82. The van der Waals surface area contributed by atoms with Crippen molar-refractivity contribution in [2.45, 2.75) is 44.9 Å². The van der Waals surface area contributed by atoms with Gasteiger partial charge in [0.05, 0.1) is 5.38 Å². The highest BCUT2D eigenvalue weighted by Gasteiger charge is 2.17. The summed E-state index contributed by atoms with van der Waals surface area (Å²) in [6, 6.07) is 0. The molecule has 0 spiro atoms. The number of rotatable bonds is 4. The van der Waals surface area contributed by atoms with E-state index in [1.165, 1.54) is 0 Å². The quantitative estimate of drug-likeness (QED) is 0.704. The molecule has 0 fully saturated rings. The van der Waals surface area contributed by atoms with Crippen molar-refractivity contribution in [2.75, 3.05) is 0 Å². The fourth-order valence-corrected chi connectivity index (χ4v) is 1.30. The molecule has 1 unspecified atom stereocenters. The zero-order valence-corrected chi connectivity index (χ0v) is 9.01. The number of hydrogen-bond acceptors (Lipinski definition) is 3. The summed E-state index contributed by atoms with van der Waals surface area (Å²) in [7, 11) is 0. The summed E-state index contributed by atoms with van der Waals surface area (Å²) in [5.41, 5.74) is 0. The van der Waals surface area contributed by atoms with Crippen LogP contribution in [0.15, 0.2) is 4.52 Å². The second-order valence-electron chi connectivity index (χ2n) is 3.12. The largest absolute Gasteiger partial charge is 0.339 e. The molecule has 0 aliphatic carbocycles. The van der Waals surface area contributed by atoms with Gasteiger partial charge in [-0.15, -0.1) is 11.6 Å². The summed E-state index contributed by atoms with van der Waals surface area (Å²) >= 11 is 5.82. The van der Waals surface area contributed by atoms with Gasteiger partial charge in [-0.1, -0.05) is 19.0 Å². The second kappa shape index (κ2) is 4.61. The van der Waals surface area contributed by atoms with Gasteiger partial charge in [0.15, 0.2) is 5.82 Å². The second-order valence-corrected chi connectivity index (χ2v) is 3.77. The van der Waals surface area contributed by atoms with Crippen LogP contribution in [0.1, 0.15) is 56.6 Å². The zero-order chi connectivity index (χ0) is 9.84. The number of nitrogens with zero attached hydrogens (tertiary/aromatic N) is 2. The van der Waals surface area contributed by atoms with Crippen molar-refractivity contribution in [2.24, 2.45) is 0 Å². The molecule has 1 aromatic rings. The molecule has 0 aliphatic heterocycles. The highest BCUT2D eigenvalue weighted by atomic mass is 35.5. The van der Waals surface area contributed by atoms with E-state index in [1.54, 1.807) is 0 Å². The molecule has 74 valence electrons. The summed E-state index contributed by atoms with van der Waals surface area (Å²) in [5.74, 6) is 1.67. The maximum Gasteiger partial charge on any atom is 0.229 e. The standard InChI is InChI=1S/C9H15ClN2O/c1-4-7(5-2)9-11-8(6(3)10)12-13-9/h6-7H,4-5H2,1-3H3. The van der Waals surface area contributed by atoms with Crippen molar-refractivity contribution in [3.05, 3.63) is 11.7 Å². The Hall–Kier alpha value is -0.570. The molecule has 3 nitrogen and oxygen atoms in total. The van der Waals surface area contributed by atoms with Crippen LogP contribution >= 0.6 is 11.6 Å². The van der Waals surface area contributed by atoms with E-state index in [0.29, 0.717) is 17.6 Å². The summed E-state index contributed by atoms with van der Waals surface area (Å²) < 4.78 is 5.12. The highest BCUT2D eigenvalue weighted by molar-refractivity contribution is 6.20. The van der Waals surface area contributed by atoms with Crippen molar-refractivity contribution in [1.29, 1.82) is 0 Å². The van der Waals surface area contributed by atoms with Crippen LogP contribution in [-0.4, -0.2) is 10.1 Å². The molecular weight excluding hydrogens is 188 g/mol. The number of halogens is 1. The lowest BCUT2D eigenvalue weighted by Crippen LogP contribution is -1.96. The van der Waals surface area contributed by atoms with Crippen LogP contribution in [0.25, 0.3) is 0 Å². The van der Waals surface area contributed by atoms with Crippen LogP contribution in [0, 0.1) is 0 Å². The normalized spacial score (nSPS) is 13.6. The predicted octanol–water partition coefficient (Wildman–Crippen LogP) is 3.27. The van der Waals surface area contributed by atoms with Crippen LogP contribution in [0.4, 0.5) is 0 Å². The maximum atomic E-state index is 5.82. The average molecular weight is 203 g/mol. The molecule has 0 N–H and O–H groups in total. The Bertz CT molecular complexity index is 256. The summed E-state index contributed by atoms with van der Waals surface area (Å²) in [6.45, 7) is 6.06. The van der Waals surface area contributed by atoms with E-state index in [9.17, 15) is 0 Å². The topological polar surface area (TPSA) is 38.9 Å². The fraction of sp³-hybridized carbons (Fsp3) is 0.778. The minimum atomic E-state index is -0.174. The minimum absolute atomic E-state index is 0.174. The third-order valence-electron chi connectivity index (χ3n) is 2.15. The van der Waals surface area contributed by atoms with Crippen molar-refractivity contribution < 1.29 is 4.52 Å². The van der Waals surface area contributed by atoms with Crippen molar-refractivity contribution in [3.8, 4) is 0 Å². The Morgan fingerprint density at radius 2 is 2.00 bits per heavy atom. The molecule has 1 heterocycles. The van der Waals surface area contributed by atoms with E-state index in [2.05, 4.69) is 24.0 Å². The number of alkyl halides is 1. The Kier molecular flexibility index (Phi) is 3.72. The van der Waals surface area contributed by atoms with Crippen LogP contribution in [0.2, 0.25) is 0 Å². The van der Waals surface area contributed by atoms with Crippen molar-refractivity contribution in [3.63, 3.8) is 0 Å². The molecule has 4 heteroatoms. The lowest BCUT2D eigenvalue weighted by molar-refractivity contribution is 0.342. The van der Waals surface area contributed by atoms with Gasteiger partial charge in [0.1, 0.15) is 0 Å². The summed E-state index contributed by atoms with van der Waals surface area (Å²) in [5, 5.41) is 3.64. The lowest BCUT2D eigenvalue weighted by atomic mass is 10.0. The fourth-order valence-electron chi connectivity index (χ4n) is 1.21. The molecule has 1 aromatic heterocycles. The van der Waals surface area contributed by atoms with E-state index in [-0.39, 0.29) is 5.38 Å². The molecule has 0 aromatic carbocycles. The SMILES string of the molecule is CCC(CC)c1nc(C(C)Cl)no1. The predicted molar refractivity (Wildman–Crippen MR) is 51.9 cm³/mol. The summed E-state index contributed by atoms with van der Waals surface area (Å²) in [4.78, 5) is 4.24. The van der Waals surface area contributed by atoms with Gasteiger partial charge in [-0.2, -0.15) is 4.98 Å². The minimum Gasteiger partial charge on any atom is -0.339 e. The van der Waals surface area contributed by atoms with Gasteiger partial charge in [0.25, 0.3) is 0 Å². The third-order valence-corrected chi connectivity index (χ3v) is 2.34. The van der Waals surface area contributed by atoms with Gasteiger partial charge < -0.3 is 4.52 Å². The third kappa shape index (κ3) is 2.44. The molecular formula is C9H15ClN2O. The zero-order valence-electron chi connectivity index (χ0n) is 8.25. The van der Waals surface area contributed by atoms with Gasteiger partial charge in [0, 0.05) is 5.92 Å². The number of hydrogen-bond donors (Lipinski definition) is 0. The monoisotopic (exact) mass is 202 g/mol. The van der Waals surface area contributed by atoms with Crippen molar-refractivity contribution in [1.82, 2.24) is 10.1 Å². The molecule has 13 heavy (non-hydrogen) atoms. The molecule has 0 aliphatic rings. The first-order valence-electron chi connectivity index (χ1n) is 4.66. The Morgan fingerprint density at radius 3 is 2.38 bits per heavy atom. The molecule has 0 amide bonds. The Morgan fingerprint density at radius 1 is 1.38 bits per heavy atom. The lowest BCUT2D eigenvalue weighted by Gasteiger charge is -2.04. The summed E-state index contributed by atoms with van der Waals surface area (Å²) in [6.07, 6.45) is 2.05. The molecule has 0 saturated heterocycles. The first-order valence-corrected chi connectivity index (χ1v) is 5.10. The molecule has 1 atom stereocenters. The van der Waals surface area contributed by atoms with E-state index in [0.717, 1.165) is 12.8 Å². The first kappa shape index (κ1) is 10.5. The smallest absolute Gasteiger partial charge is 0.229 e. The van der Waals surface area contributed by atoms with E-state index >= 15 is 0 Å².